The van der Waals surface area contributed by atoms with E-state index in [2.05, 4.69) is 14.7 Å². The van der Waals surface area contributed by atoms with E-state index in [1.807, 2.05) is 35.0 Å². The molecule has 0 atom stereocenters. The van der Waals surface area contributed by atoms with Crippen molar-refractivity contribution in [2.45, 2.75) is 4.90 Å². The highest BCUT2D eigenvalue weighted by Crippen LogP contribution is 2.30. The summed E-state index contributed by atoms with van der Waals surface area (Å²) in [5.41, 5.74) is 2.08. The number of nitrogens with one attached hydrogen (secondary N) is 1. The Morgan fingerprint density at radius 1 is 1.13 bits per heavy atom. The van der Waals surface area contributed by atoms with Gasteiger partial charge >= 0.3 is 0 Å². The average molecular weight is 490 g/mol. The number of thiophene rings is 1. The minimum Gasteiger partial charge on any atom is -0.495 e. The van der Waals surface area contributed by atoms with Gasteiger partial charge in [-0.25, -0.2) is 18.4 Å². The Morgan fingerprint density at radius 2 is 1.94 bits per heavy atom. The molecule has 2 aromatic heterocycles. The summed E-state index contributed by atoms with van der Waals surface area (Å²) in [6.45, 7) is 0. The number of anilines is 1. The Labute approximate surface area is 192 Å². The molecule has 0 aliphatic rings. The van der Waals surface area contributed by atoms with Crippen molar-refractivity contribution in [2.75, 3.05) is 11.8 Å². The second-order valence-electron chi connectivity index (χ2n) is 6.27. The van der Waals surface area contributed by atoms with Gasteiger partial charge in [0, 0.05) is 33.8 Å². The largest absolute Gasteiger partial charge is 0.495 e. The van der Waals surface area contributed by atoms with Gasteiger partial charge in [-0.05, 0) is 35.7 Å². The SMILES string of the molecule is COc1cc(S(=O)(=O)Nc2ccc(-c3csc(/N=C/c4cccs4)n3)cc2)ccc1Cl. The van der Waals surface area contributed by atoms with Crippen LogP contribution in [-0.4, -0.2) is 26.7 Å². The molecule has 6 nitrogen and oxygen atoms in total. The van der Waals surface area contributed by atoms with Crippen molar-refractivity contribution in [3.63, 3.8) is 0 Å². The van der Waals surface area contributed by atoms with E-state index in [0.29, 0.717) is 21.6 Å². The van der Waals surface area contributed by atoms with Crippen molar-refractivity contribution < 1.29 is 13.2 Å². The lowest BCUT2D eigenvalue weighted by molar-refractivity contribution is 0.413. The molecule has 0 bridgehead atoms. The van der Waals surface area contributed by atoms with Crippen molar-refractivity contribution in [1.29, 1.82) is 0 Å². The van der Waals surface area contributed by atoms with Crippen LogP contribution in [-0.2, 0) is 10.0 Å². The molecule has 0 saturated heterocycles. The van der Waals surface area contributed by atoms with Crippen LogP contribution in [0.25, 0.3) is 11.3 Å². The number of aliphatic imine (C=N–C) groups is 1. The highest BCUT2D eigenvalue weighted by molar-refractivity contribution is 7.92. The number of sulfonamides is 1. The Balaban J connectivity index is 1.48. The van der Waals surface area contributed by atoms with Crippen LogP contribution in [0.5, 0.6) is 5.75 Å². The van der Waals surface area contributed by atoms with E-state index in [4.69, 9.17) is 16.3 Å². The normalized spacial score (nSPS) is 11.7. The molecule has 0 amide bonds. The molecule has 2 aromatic carbocycles. The van der Waals surface area contributed by atoms with Crippen molar-refractivity contribution in [3.8, 4) is 17.0 Å². The number of benzene rings is 2. The predicted molar refractivity (Wildman–Crippen MR) is 128 cm³/mol. The highest BCUT2D eigenvalue weighted by Gasteiger charge is 2.16. The fourth-order valence-electron chi connectivity index (χ4n) is 2.67. The lowest BCUT2D eigenvalue weighted by Gasteiger charge is -2.10. The molecule has 10 heteroatoms. The standard InChI is InChI=1S/C21H16ClN3O3S3/c1-28-20-11-17(8-9-18(20)22)31(26,27)25-15-6-4-14(5-7-15)19-13-30-21(24-19)23-12-16-3-2-10-29-16/h2-13,25H,1H3/b23-12+. The van der Waals surface area contributed by atoms with Crippen molar-refractivity contribution >= 4 is 61.3 Å². The topological polar surface area (TPSA) is 80.7 Å². The van der Waals surface area contributed by atoms with Crippen molar-refractivity contribution in [3.05, 3.63) is 75.3 Å². The monoisotopic (exact) mass is 489 g/mol. The van der Waals surface area contributed by atoms with Crippen molar-refractivity contribution in [1.82, 2.24) is 4.98 Å². The number of nitrogens with zero attached hydrogens (tertiary/aromatic N) is 2. The highest BCUT2D eigenvalue weighted by atomic mass is 35.5. The fourth-order valence-corrected chi connectivity index (χ4v) is 5.19. The van der Waals surface area contributed by atoms with E-state index in [1.54, 1.807) is 29.7 Å². The van der Waals surface area contributed by atoms with Gasteiger partial charge in [-0.15, -0.1) is 22.7 Å². The summed E-state index contributed by atoms with van der Waals surface area (Å²) in [5.74, 6) is 0.293. The van der Waals surface area contributed by atoms with Gasteiger partial charge in [0.15, 0.2) is 0 Å². The molecule has 4 aromatic rings. The summed E-state index contributed by atoms with van der Waals surface area (Å²) in [7, 11) is -2.35. The van der Waals surface area contributed by atoms with E-state index in [0.717, 1.165) is 16.1 Å². The first-order valence-corrected chi connectivity index (χ1v) is 12.6. The van der Waals surface area contributed by atoms with Gasteiger partial charge in [0.05, 0.1) is 22.7 Å². The second kappa shape index (κ2) is 9.19. The van der Waals surface area contributed by atoms with E-state index in [9.17, 15) is 8.42 Å². The lowest BCUT2D eigenvalue weighted by Crippen LogP contribution is -2.13. The van der Waals surface area contributed by atoms with Gasteiger partial charge in [0.1, 0.15) is 5.75 Å². The maximum atomic E-state index is 12.7. The van der Waals surface area contributed by atoms with Gasteiger partial charge in [0.25, 0.3) is 10.0 Å². The van der Waals surface area contributed by atoms with Crippen molar-refractivity contribution in [2.24, 2.45) is 4.99 Å². The van der Waals surface area contributed by atoms with Crippen LogP contribution >= 0.6 is 34.3 Å². The Bertz CT molecular complexity index is 1320. The third-order valence-corrected chi connectivity index (χ3v) is 7.45. The smallest absolute Gasteiger partial charge is 0.262 e. The molecule has 0 fully saturated rings. The van der Waals surface area contributed by atoms with Crippen LogP contribution in [0.1, 0.15) is 4.88 Å². The number of halogens is 1. The molecular formula is C21H16ClN3O3S3. The number of rotatable bonds is 7. The van der Waals surface area contributed by atoms with Crippen LogP contribution in [0, 0.1) is 0 Å². The summed E-state index contributed by atoms with van der Waals surface area (Å²) in [4.78, 5) is 10.0. The number of aromatic nitrogens is 1. The Hall–Kier alpha value is -2.72. The third kappa shape index (κ3) is 5.13. The molecular weight excluding hydrogens is 474 g/mol. The predicted octanol–water partition coefficient (Wildman–Crippen LogP) is 6.09. The van der Waals surface area contributed by atoms with E-state index in [1.165, 1.54) is 36.6 Å². The number of hydrogen-bond acceptors (Lipinski definition) is 7. The minimum absolute atomic E-state index is 0.0607. The lowest BCUT2D eigenvalue weighted by atomic mass is 10.1. The number of methoxy groups -OCH3 is 1. The molecule has 4 rings (SSSR count). The Kier molecular flexibility index (Phi) is 6.38. The molecule has 0 aliphatic carbocycles. The molecule has 158 valence electrons. The van der Waals surface area contributed by atoms with Crippen LogP contribution in [0.4, 0.5) is 10.8 Å². The second-order valence-corrected chi connectivity index (χ2v) is 10.2. The first-order valence-electron chi connectivity index (χ1n) is 8.94. The maximum Gasteiger partial charge on any atom is 0.262 e. The number of hydrogen-bond donors (Lipinski definition) is 1. The van der Waals surface area contributed by atoms with Gasteiger partial charge in [0.2, 0.25) is 5.13 Å². The quantitative estimate of drug-likeness (QED) is 0.319. The summed E-state index contributed by atoms with van der Waals surface area (Å²) in [5, 5.41) is 4.91. The van der Waals surface area contributed by atoms with Gasteiger partial charge < -0.3 is 4.74 Å². The summed E-state index contributed by atoms with van der Waals surface area (Å²) in [6.07, 6.45) is 1.79. The zero-order valence-electron chi connectivity index (χ0n) is 16.2. The molecule has 0 spiro atoms. The summed E-state index contributed by atoms with van der Waals surface area (Å²) < 4.78 is 33.0. The average Bonchev–Trinajstić information content (AvgIpc) is 3.45. The fraction of sp³-hybridized carbons (Fsp3) is 0.0476. The molecule has 0 radical (unpaired) electrons. The molecule has 31 heavy (non-hydrogen) atoms. The van der Waals surface area contributed by atoms with Gasteiger partial charge in [-0.1, -0.05) is 29.8 Å². The molecule has 0 unspecified atom stereocenters. The Morgan fingerprint density at radius 3 is 2.65 bits per heavy atom. The van der Waals surface area contributed by atoms with Crippen LogP contribution < -0.4 is 9.46 Å². The third-order valence-electron chi connectivity index (χ3n) is 4.20. The van der Waals surface area contributed by atoms with Gasteiger partial charge in [-0.2, -0.15) is 0 Å². The summed E-state index contributed by atoms with van der Waals surface area (Å²) in [6, 6.07) is 15.2. The first-order chi connectivity index (χ1) is 14.9. The van der Waals surface area contributed by atoms with Crippen LogP contribution in [0.2, 0.25) is 5.02 Å². The minimum atomic E-state index is -3.79. The van der Waals surface area contributed by atoms with Gasteiger partial charge in [-0.3, -0.25) is 4.72 Å². The number of ether oxygens (including phenoxy) is 1. The molecule has 2 heterocycles. The van der Waals surface area contributed by atoms with Crippen LogP contribution in [0.3, 0.4) is 0 Å². The van der Waals surface area contributed by atoms with E-state index in [-0.39, 0.29) is 4.90 Å². The zero-order chi connectivity index (χ0) is 21.8. The van der Waals surface area contributed by atoms with E-state index < -0.39 is 10.0 Å². The molecule has 0 aliphatic heterocycles. The molecule has 1 N–H and O–H groups in total. The first kappa shape index (κ1) is 21.5. The maximum absolute atomic E-state index is 12.7. The number of thiazole rings is 1. The van der Waals surface area contributed by atoms with E-state index >= 15 is 0 Å². The molecule has 0 saturated carbocycles. The van der Waals surface area contributed by atoms with Crippen LogP contribution in [0.15, 0.2) is 75.2 Å². The zero-order valence-corrected chi connectivity index (χ0v) is 19.4. The summed E-state index contributed by atoms with van der Waals surface area (Å²) >= 11 is 9.03.